The first-order chi connectivity index (χ1) is 13.2. The van der Waals surface area contributed by atoms with E-state index < -0.39 is 5.97 Å². The lowest BCUT2D eigenvalue weighted by atomic mass is 10.1. The summed E-state index contributed by atoms with van der Waals surface area (Å²) in [5.74, 6) is -0.356. The number of aromatic nitrogens is 2. The molecule has 0 radical (unpaired) electrons. The summed E-state index contributed by atoms with van der Waals surface area (Å²) in [6.07, 6.45) is 10.2. The monoisotopic (exact) mass is 368 g/mol. The number of carbonyl (C=O) groups excluding carboxylic acids is 2. The van der Waals surface area contributed by atoms with Crippen LogP contribution in [0.4, 0.5) is 11.6 Å². The molecule has 0 spiro atoms. The number of methoxy groups -OCH3 is 1. The molecule has 142 valence electrons. The Kier molecular flexibility index (Phi) is 6.35. The van der Waals surface area contributed by atoms with Gasteiger partial charge >= 0.3 is 5.97 Å². The Morgan fingerprint density at radius 2 is 1.70 bits per heavy atom. The Balaban J connectivity index is 1.65. The summed E-state index contributed by atoms with van der Waals surface area (Å²) in [7, 11) is 1.30. The van der Waals surface area contributed by atoms with Gasteiger partial charge in [0.1, 0.15) is 0 Å². The summed E-state index contributed by atoms with van der Waals surface area (Å²) in [4.78, 5) is 32.8. The highest BCUT2D eigenvalue weighted by Crippen LogP contribution is 2.20. The van der Waals surface area contributed by atoms with Crippen molar-refractivity contribution in [1.82, 2.24) is 9.97 Å². The van der Waals surface area contributed by atoms with Gasteiger partial charge in [-0.1, -0.05) is 37.8 Å². The summed E-state index contributed by atoms with van der Waals surface area (Å²) >= 11 is 0. The minimum Gasteiger partial charge on any atom is -0.465 e. The zero-order valence-corrected chi connectivity index (χ0v) is 15.4. The van der Waals surface area contributed by atoms with Gasteiger partial charge in [0.2, 0.25) is 5.95 Å². The molecule has 3 rings (SSSR count). The summed E-state index contributed by atoms with van der Waals surface area (Å²) in [5, 5.41) is 6.06. The van der Waals surface area contributed by atoms with E-state index in [0.717, 1.165) is 12.8 Å². The maximum absolute atomic E-state index is 12.5. The second-order valence-corrected chi connectivity index (χ2v) is 6.62. The summed E-state index contributed by atoms with van der Waals surface area (Å²) < 4.78 is 4.74. The Bertz CT molecular complexity index is 784. The SMILES string of the molecule is COC(=O)c1ccccc1NC(=O)c1cnc(NC2CCCCCC2)nc1. The molecular weight excluding hydrogens is 344 g/mol. The van der Waals surface area contributed by atoms with E-state index in [1.165, 1.54) is 45.2 Å². The fourth-order valence-corrected chi connectivity index (χ4v) is 3.20. The van der Waals surface area contributed by atoms with Crippen LogP contribution in [0.5, 0.6) is 0 Å². The van der Waals surface area contributed by atoms with Gasteiger partial charge in [0.05, 0.1) is 23.9 Å². The molecular formula is C20H24N4O3. The number of nitrogens with zero attached hydrogens (tertiary/aromatic N) is 2. The maximum atomic E-state index is 12.5. The largest absolute Gasteiger partial charge is 0.465 e. The average molecular weight is 368 g/mol. The van der Waals surface area contributed by atoms with E-state index in [0.29, 0.717) is 28.8 Å². The molecule has 0 atom stereocenters. The molecule has 2 N–H and O–H groups in total. The molecule has 1 amide bonds. The predicted molar refractivity (Wildman–Crippen MR) is 103 cm³/mol. The third-order valence-electron chi connectivity index (χ3n) is 4.68. The van der Waals surface area contributed by atoms with Crippen LogP contribution in [0.1, 0.15) is 59.2 Å². The second-order valence-electron chi connectivity index (χ2n) is 6.62. The normalized spacial score (nSPS) is 14.9. The van der Waals surface area contributed by atoms with Crippen LogP contribution in [-0.4, -0.2) is 35.0 Å². The number of ether oxygens (including phenoxy) is 1. The van der Waals surface area contributed by atoms with Crippen molar-refractivity contribution in [3.8, 4) is 0 Å². The Morgan fingerprint density at radius 1 is 1.04 bits per heavy atom. The van der Waals surface area contributed by atoms with Gasteiger partial charge in [-0.2, -0.15) is 0 Å². The van der Waals surface area contributed by atoms with Gasteiger partial charge < -0.3 is 15.4 Å². The van der Waals surface area contributed by atoms with Crippen molar-refractivity contribution in [3.05, 3.63) is 47.8 Å². The fraction of sp³-hybridized carbons (Fsp3) is 0.400. The van der Waals surface area contributed by atoms with Crippen molar-refractivity contribution in [1.29, 1.82) is 0 Å². The quantitative estimate of drug-likeness (QED) is 0.618. The number of rotatable bonds is 5. The molecule has 7 nitrogen and oxygen atoms in total. The first-order valence-electron chi connectivity index (χ1n) is 9.24. The molecule has 1 saturated carbocycles. The number of para-hydroxylation sites is 1. The van der Waals surface area contributed by atoms with Crippen LogP contribution in [0.3, 0.4) is 0 Å². The maximum Gasteiger partial charge on any atom is 0.339 e. The van der Waals surface area contributed by atoms with E-state index in [9.17, 15) is 9.59 Å². The van der Waals surface area contributed by atoms with Gasteiger partial charge in [-0.05, 0) is 25.0 Å². The van der Waals surface area contributed by atoms with Crippen molar-refractivity contribution in [3.63, 3.8) is 0 Å². The number of hydrogen-bond acceptors (Lipinski definition) is 6. The first kappa shape index (κ1) is 18.8. The van der Waals surface area contributed by atoms with E-state index in [4.69, 9.17) is 4.74 Å². The number of nitrogens with one attached hydrogen (secondary N) is 2. The highest BCUT2D eigenvalue weighted by atomic mass is 16.5. The number of anilines is 2. The van der Waals surface area contributed by atoms with Crippen LogP contribution in [0.15, 0.2) is 36.7 Å². The molecule has 0 bridgehead atoms. The molecule has 7 heteroatoms. The molecule has 0 unspecified atom stereocenters. The Labute approximate surface area is 158 Å². The van der Waals surface area contributed by atoms with Crippen molar-refractivity contribution in [2.45, 2.75) is 44.6 Å². The van der Waals surface area contributed by atoms with Crippen LogP contribution < -0.4 is 10.6 Å². The molecule has 1 aliphatic rings. The third-order valence-corrected chi connectivity index (χ3v) is 4.68. The van der Waals surface area contributed by atoms with Crippen molar-refractivity contribution >= 4 is 23.5 Å². The number of amides is 1. The number of esters is 1. The van der Waals surface area contributed by atoms with Gasteiger partial charge in [-0.3, -0.25) is 4.79 Å². The predicted octanol–water partition coefficient (Wildman–Crippen LogP) is 3.65. The van der Waals surface area contributed by atoms with E-state index >= 15 is 0 Å². The van der Waals surface area contributed by atoms with Gasteiger partial charge in [-0.25, -0.2) is 14.8 Å². The van der Waals surface area contributed by atoms with Crippen molar-refractivity contribution < 1.29 is 14.3 Å². The summed E-state index contributed by atoms with van der Waals surface area (Å²) in [6, 6.07) is 7.07. The second kappa shape index (κ2) is 9.12. The molecule has 1 heterocycles. The molecule has 0 saturated heterocycles. The van der Waals surface area contributed by atoms with Gasteiger partial charge in [0.25, 0.3) is 5.91 Å². The van der Waals surface area contributed by atoms with Crippen LogP contribution in [-0.2, 0) is 4.74 Å². The Morgan fingerprint density at radius 3 is 2.37 bits per heavy atom. The van der Waals surface area contributed by atoms with Crippen LogP contribution in [0.2, 0.25) is 0 Å². The van der Waals surface area contributed by atoms with Gasteiger partial charge in [0.15, 0.2) is 0 Å². The van der Waals surface area contributed by atoms with E-state index in [1.807, 2.05) is 0 Å². The van der Waals surface area contributed by atoms with Crippen molar-refractivity contribution in [2.75, 3.05) is 17.7 Å². The highest BCUT2D eigenvalue weighted by Gasteiger charge is 2.16. The lowest BCUT2D eigenvalue weighted by molar-refractivity contribution is 0.0602. The molecule has 1 aromatic carbocycles. The molecule has 1 aliphatic carbocycles. The topological polar surface area (TPSA) is 93.2 Å². The lowest BCUT2D eigenvalue weighted by Gasteiger charge is -2.16. The molecule has 0 aliphatic heterocycles. The fourth-order valence-electron chi connectivity index (χ4n) is 3.20. The minimum absolute atomic E-state index is 0.293. The van der Waals surface area contributed by atoms with Crippen LogP contribution >= 0.6 is 0 Å². The Hall–Kier alpha value is -2.96. The standard InChI is InChI=1S/C20H24N4O3/c1-27-19(26)16-10-6-7-11-17(16)24-18(25)14-12-21-20(22-13-14)23-15-8-4-2-3-5-9-15/h6-7,10-13,15H,2-5,8-9H2,1H3,(H,24,25)(H,21,22,23). The zero-order chi connectivity index (χ0) is 19.1. The summed E-state index contributed by atoms with van der Waals surface area (Å²) in [6.45, 7) is 0. The van der Waals surface area contributed by atoms with E-state index in [1.54, 1.807) is 24.3 Å². The lowest BCUT2D eigenvalue weighted by Crippen LogP contribution is -2.20. The smallest absolute Gasteiger partial charge is 0.339 e. The average Bonchev–Trinajstić information content (AvgIpc) is 2.97. The van der Waals surface area contributed by atoms with Crippen LogP contribution in [0.25, 0.3) is 0 Å². The van der Waals surface area contributed by atoms with E-state index in [-0.39, 0.29) is 5.91 Å². The van der Waals surface area contributed by atoms with Gasteiger partial charge in [-0.15, -0.1) is 0 Å². The highest BCUT2D eigenvalue weighted by molar-refractivity contribution is 6.07. The third kappa shape index (κ3) is 5.03. The van der Waals surface area contributed by atoms with E-state index in [2.05, 4.69) is 20.6 Å². The molecule has 1 aromatic heterocycles. The van der Waals surface area contributed by atoms with Crippen molar-refractivity contribution in [2.24, 2.45) is 0 Å². The number of carbonyl (C=O) groups is 2. The molecule has 27 heavy (non-hydrogen) atoms. The van der Waals surface area contributed by atoms with Crippen LogP contribution in [0, 0.1) is 0 Å². The minimum atomic E-state index is -0.509. The summed E-state index contributed by atoms with van der Waals surface area (Å²) in [5.41, 5.74) is 0.997. The van der Waals surface area contributed by atoms with Gasteiger partial charge in [0, 0.05) is 18.4 Å². The number of hydrogen-bond donors (Lipinski definition) is 2. The first-order valence-corrected chi connectivity index (χ1v) is 9.24. The number of benzene rings is 1. The zero-order valence-electron chi connectivity index (χ0n) is 15.4. The molecule has 2 aromatic rings. The molecule has 1 fully saturated rings.